The maximum absolute atomic E-state index is 12.6. The van der Waals surface area contributed by atoms with Crippen LogP contribution in [0, 0.1) is 0 Å². The van der Waals surface area contributed by atoms with Gasteiger partial charge in [-0.2, -0.15) is 0 Å². The molecule has 0 unspecified atom stereocenters. The largest absolute Gasteiger partial charge is 0.508 e. The van der Waals surface area contributed by atoms with E-state index in [1.54, 1.807) is 18.2 Å². The third kappa shape index (κ3) is 9.83. The van der Waals surface area contributed by atoms with Gasteiger partial charge < -0.3 is 25.3 Å². The quantitative estimate of drug-likeness (QED) is 0.148. The molecule has 3 aromatic rings. The van der Waals surface area contributed by atoms with Gasteiger partial charge in [0, 0.05) is 24.7 Å². The molecule has 0 saturated heterocycles. The standard InChI is InChI=1S/C33H44Cl2N2O4Si/c1-22(36-20-31(41-42(5,6)33(2,3)4)26-11-13-30(39)27(18-26)21-38)14-23-8-7-9-24(15-23)17-32(40)37-19-25-10-12-28(34)29(35)16-25/h7-13,15-16,18,22,31,36,38-39H,14,17,19-21H2,1-6H3,(H,37,40)/t22-,31+/m1/s1. The van der Waals surface area contributed by atoms with Crippen molar-refractivity contribution in [1.29, 1.82) is 0 Å². The molecule has 0 aromatic heterocycles. The van der Waals surface area contributed by atoms with E-state index < -0.39 is 8.32 Å². The van der Waals surface area contributed by atoms with Crippen molar-refractivity contribution in [2.75, 3.05) is 6.54 Å². The number of phenols is 1. The molecule has 0 saturated carbocycles. The van der Waals surface area contributed by atoms with Crippen molar-refractivity contribution < 1.29 is 19.4 Å². The first-order chi connectivity index (χ1) is 19.7. The van der Waals surface area contributed by atoms with Crippen molar-refractivity contribution in [3.8, 4) is 5.75 Å². The van der Waals surface area contributed by atoms with Crippen molar-refractivity contribution in [3.05, 3.63) is 98.5 Å². The van der Waals surface area contributed by atoms with Gasteiger partial charge >= 0.3 is 0 Å². The van der Waals surface area contributed by atoms with Crippen LogP contribution < -0.4 is 10.6 Å². The molecule has 42 heavy (non-hydrogen) atoms. The van der Waals surface area contributed by atoms with Gasteiger partial charge in [-0.15, -0.1) is 0 Å². The third-order valence-electron chi connectivity index (χ3n) is 7.91. The second-order valence-corrected chi connectivity index (χ2v) is 18.0. The first-order valence-electron chi connectivity index (χ1n) is 14.3. The number of benzene rings is 3. The summed E-state index contributed by atoms with van der Waals surface area (Å²) in [7, 11) is -2.11. The molecule has 4 N–H and O–H groups in total. The molecule has 228 valence electrons. The van der Waals surface area contributed by atoms with Crippen molar-refractivity contribution in [3.63, 3.8) is 0 Å². The maximum Gasteiger partial charge on any atom is 0.224 e. The highest BCUT2D eigenvalue weighted by atomic mass is 35.5. The van der Waals surface area contributed by atoms with E-state index in [0.29, 0.717) is 28.7 Å². The zero-order valence-corrected chi connectivity index (χ0v) is 27.9. The van der Waals surface area contributed by atoms with Crippen LogP contribution >= 0.6 is 23.2 Å². The van der Waals surface area contributed by atoms with Crippen LogP contribution in [0.5, 0.6) is 5.75 Å². The van der Waals surface area contributed by atoms with Crippen molar-refractivity contribution >= 4 is 37.4 Å². The summed E-state index contributed by atoms with van der Waals surface area (Å²) in [5.74, 6) is 0.0164. The Hall–Kier alpha value is -2.39. The zero-order chi connectivity index (χ0) is 31.1. The third-order valence-corrected chi connectivity index (χ3v) is 13.1. The minimum atomic E-state index is -2.11. The summed E-state index contributed by atoms with van der Waals surface area (Å²) < 4.78 is 6.81. The molecule has 0 heterocycles. The summed E-state index contributed by atoms with van der Waals surface area (Å²) in [5, 5.41) is 27.4. The van der Waals surface area contributed by atoms with Gasteiger partial charge in [0.25, 0.3) is 0 Å². The van der Waals surface area contributed by atoms with E-state index in [4.69, 9.17) is 27.6 Å². The molecule has 9 heteroatoms. The molecule has 0 aliphatic heterocycles. The Morgan fingerprint density at radius 1 is 0.976 bits per heavy atom. The Kier molecular flexibility index (Phi) is 12.1. The second kappa shape index (κ2) is 14.9. The van der Waals surface area contributed by atoms with E-state index >= 15 is 0 Å². The number of hydrogen-bond acceptors (Lipinski definition) is 5. The Bertz CT molecular complexity index is 1360. The summed E-state index contributed by atoms with van der Waals surface area (Å²) in [4.78, 5) is 12.6. The van der Waals surface area contributed by atoms with E-state index in [9.17, 15) is 15.0 Å². The lowest BCUT2D eigenvalue weighted by molar-refractivity contribution is -0.120. The lowest BCUT2D eigenvalue weighted by Crippen LogP contribution is -2.44. The van der Waals surface area contributed by atoms with Crippen LogP contribution in [0.3, 0.4) is 0 Å². The van der Waals surface area contributed by atoms with Crippen LogP contribution in [0.15, 0.2) is 60.7 Å². The number of aliphatic hydroxyl groups excluding tert-OH is 1. The van der Waals surface area contributed by atoms with Gasteiger partial charge in [0.15, 0.2) is 8.32 Å². The van der Waals surface area contributed by atoms with Gasteiger partial charge in [-0.3, -0.25) is 4.79 Å². The van der Waals surface area contributed by atoms with Crippen LogP contribution in [-0.2, 0) is 35.2 Å². The molecule has 0 bridgehead atoms. The Labute approximate surface area is 261 Å². The minimum absolute atomic E-state index is 0.0300. The molecule has 3 rings (SSSR count). The van der Waals surface area contributed by atoms with Crippen LogP contribution in [0.1, 0.15) is 61.6 Å². The molecule has 1 amide bonds. The average Bonchev–Trinajstić information content (AvgIpc) is 2.91. The summed E-state index contributed by atoms with van der Waals surface area (Å²) in [6.07, 6.45) is 0.834. The lowest BCUT2D eigenvalue weighted by atomic mass is 10.0. The molecule has 0 spiro atoms. The van der Waals surface area contributed by atoms with Gasteiger partial charge in [-0.05, 0) is 78.0 Å². The van der Waals surface area contributed by atoms with Gasteiger partial charge in [0.2, 0.25) is 5.91 Å². The smallest absolute Gasteiger partial charge is 0.224 e. The highest BCUT2D eigenvalue weighted by molar-refractivity contribution is 6.74. The first-order valence-corrected chi connectivity index (χ1v) is 18.0. The van der Waals surface area contributed by atoms with Gasteiger partial charge in [0.05, 0.1) is 29.2 Å². The number of nitrogens with one attached hydrogen (secondary N) is 2. The van der Waals surface area contributed by atoms with E-state index in [1.165, 1.54) is 0 Å². The number of carbonyl (C=O) groups excluding carboxylic acids is 1. The van der Waals surface area contributed by atoms with Gasteiger partial charge in [0.1, 0.15) is 5.75 Å². The molecule has 3 aromatic carbocycles. The van der Waals surface area contributed by atoms with Crippen LogP contribution in [0.2, 0.25) is 28.2 Å². The molecule has 0 radical (unpaired) electrons. The predicted octanol–water partition coefficient (Wildman–Crippen LogP) is 7.33. The van der Waals surface area contributed by atoms with Crippen molar-refractivity contribution in [2.24, 2.45) is 0 Å². The summed E-state index contributed by atoms with van der Waals surface area (Å²) >= 11 is 12.1. The second-order valence-electron chi connectivity index (χ2n) is 12.4. The normalized spacial score (nSPS) is 13.5. The molecule has 0 fully saturated rings. The SMILES string of the molecule is C[C@H](Cc1cccc(CC(=O)NCc2ccc(Cl)c(Cl)c2)c1)NC[C@H](O[Si](C)(C)C(C)(C)C)c1ccc(O)c(CO)c1. The highest BCUT2D eigenvalue weighted by Crippen LogP contribution is 2.40. The average molecular weight is 632 g/mol. The van der Waals surface area contributed by atoms with Crippen LogP contribution in [0.4, 0.5) is 0 Å². The Morgan fingerprint density at radius 3 is 2.36 bits per heavy atom. The molecule has 6 nitrogen and oxygen atoms in total. The van der Waals surface area contributed by atoms with E-state index in [-0.39, 0.29) is 41.9 Å². The predicted molar refractivity (Wildman–Crippen MR) is 175 cm³/mol. The van der Waals surface area contributed by atoms with Crippen molar-refractivity contribution in [1.82, 2.24) is 10.6 Å². The number of hydrogen-bond donors (Lipinski definition) is 4. The molecule has 0 aliphatic carbocycles. The summed E-state index contributed by atoms with van der Waals surface area (Å²) in [5.41, 5.74) is 4.39. The Morgan fingerprint density at radius 2 is 1.69 bits per heavy atom. The fourth-order valence-corrected chi connectivity index (χ4v) is 6.00. The fraction of sp³-hybridized carbons (Fsp3) is 0.424. The molecule has 0 aliphatic rings. The van der Waals surface area contributed by atoms with Gasteiger partial charge in [-0.25, -0.2) is 0 Å². The summed E-state index contributed by atoms with van der Waals surface area (Å²) in [6, 6.07) is 18.9. The molecular weight excluding hydrogens is 587 g/mol. The monoisotopic (exact) mass is 630 g/mol. The topological polar surface area (TPSA) is 90.8 Å². The number of aliphatic hydroxyl groups is 1. The number of amides is 1. The minimum Gasteiger partial charge on any atom is -0.508 e. The number of rotatable bonds is 13. The summed E-state index contributed by atoms with van der Waals surface area (Å²) in [6.45, 7) is 14.0. The van der Waals surface area contributed by atoms with E-state index in [1.807, 2.05) is 30.3 Å². The Balaban J connectivity index is 1.62. The zero-order valence-electron chi connectivity index (χ0n) is 25.4. The number of halogens is 2. The van der Waals surface area contributed by atoms with Crippen LogP contribution in [-0.4, -0.2) is 37.0 Å². The van der Waals surface area contributed by atoms with Crippen LogP contribution in [0.25, 0.3) is 0 Å². The van der Waals surface area contributed by atoms with Crippen molar-refractivity contribution in [2.45, 2.75) is 84.0 Å². The van der Waals surface area contributed by atoms with E-state index in [0.717, 1.165) is 28.7 Å². The first kappa shape index (κ1) is 34.1. The maximum atomic E-state index is 12.6. The van der Waals surface area contributed by atoms with E-state index in [2.05, 4.69) is 63.6 Å². The molecule has 2 atom stereocenters. The highest BCUT2D eigenvalue weighted by Gasteiger charge is 2.39. The molecular formula is C33H44Cl2N2O4Si. The number of carbonyl (C=O) groups is 1. The van der Waals surface area contributed by atoms with Gasteiger partial charge in [-0.1, -0.05) is 80.4 Å². The lowest BCUT2D eigenvalue weighted by Gasteiger charge is -2.40. The fourth-order valence-electron chi connectivity index (χ4n) is 4.39. The number of aromatic hydroxyl groups is 1.